The van der Waals surface area contributed by atoms with Crippen LogP contribution >= 0.6 is 0 Å². The van der Waals surface area contributed by atoms with Gasteiger partial charge in [0, 0.05) is 11.1 Å². The molecule has 3 rings (SSSR count). The molecular formula is C22H25N3O2S. The zero-order valence-corrected chi connectivity index (χ0v) is 17.3. The second-order valence-electron chi connectivity index (χ2n) is 7.70. The second-order valence-corrected chi connectivity index (χ2v) is 9.38. The summed E-state index contributed by atoms with van der Waals surface area (Å²) in [5, 5.41) is 5.22. The number of anilines is 1. The summed E-state index contributed by atoms with van der Waals surface area (Å²) in [5.41, 5.74) is 1.31. The van der Waals surface area contributed by atoms with Gasteiger partial charge < -0.3 is 5.32 Å². The van der Waals surface area contributed by atoms with Crippen LogP contribution in [-0.2, 0) is 10.0 Å². The van der Waals surface area contributed by atoms with Crippen molar-refractivity contribution < 1.29 is 8.42 Å². The predicted octanol–water partition coefficient (Wildman–Crippen LogP) is 4.69. The standard InChI is InChI=1S/C22H25N3O2S/c1-16-12-14-18(15-13-16)28(26,27)25-21(24-22(2,3)4)23-20-11-7-9-17-8-5-6-10-19(17)20/h5-15H,1-4H3,(H2,23,24,25). The van der Waals surface area contributed by atoms with Gasteiger partial charge in [-0.25, -0.2) is 18.1 Å². The van der Waals surface area contributed by atoms with Crippen molar-refractivity contribution in [1.29, 1.82) is 0 Å². The summed E-state index contributed by atoms with van der Waals surface area (Å²) >= 11 is 0. The summed E-state index contributed by atoms with van der Waals surface area (Å²) < 4.78 is 28.3. The van der Waals surface area contributed by atoms with E-state index >= 15 is 0 Å². The summed E-state index contributed by atoms with van der Waals surface area (Å²) in [6.07, 6.45) is 0. The third kappa shape index (κ3) is 4.89. The van der Waals surface area contributed by atoms with E-state index in [1.807, 2.05) is 70.2 Å². The van der Waals surface area contributed by atoms with Crippen LogP contribution in [0, 0.1) is 6.92 Å². The molecule has 0 bridgehead atoms. The number of nitrogens with zero attached hydrogens (tertiary/aromatic N) is 1. The molecule has 0 amide bonds. The number of benzene rings is 3. The summed E-state index contributed by atoms with van der Waals surface area (Å²) in [5.74, 6) is 0.185. The number of guanidine groups is 1. The van der Waals surface area contributed by atoms with Gasteiger partial charge in [0.2, 0.25) is 5.96 Å². The lowest BCUT2D eigenvalue weighted by molar-refractivity contribution is 0.577. The SMILES string of the molecule is Cc1ccc(S(=O)(=O)NC(=NC(C)(C)C)Nc2cccc3ccccc23)cc1. The van der Waals surface area contributed by atoms with Crippen LogP contribution in [0.4, 0.5) is 5.69 Å². The average molecular weight is 396 g/mol. The number of sulfonamides is 1. The summed E-state index contributed by atoms with van der Waals surface area (Å²) in [6, 6.07) is 20.5. The number of hydrogen-bond acceptors (Lipinski definition) is 3. The molecule has 0 unspecified atom stereocenters. The molecule has 0 aliphatic heterocycles. The Bertz CT molecular complexity index is 1110. The molecule has 3 aromatic rings. The van der Waals surface area contributed by atoms with E-state index in [-0.39, 0.29) is 10.9 Å². The maximum Gasteiger partial charge on any atom is 0.264 e. The molecule has 0 heterocycles. The van der Waals surface area contributed by atoms with Crippen LogP contribution < -0.4 is 10.0 Å². The average Bonchev–Trinajstić information content (AvgIpc) is 2.60. The minimum absolute atomic E-state index is 0.185. The van der Waals surface area contributed by atoms with Crippen LogP contribution in [0.15, 0.2) is 76.6 Å². The maximum atomic E-state index is 12.9. The first kappa shape index (κ1) is 19.9. The summed E-state index contributed by atoms with van der Waals surface area (Å²) in [6.45, 7) is 7.66. The molecule has 0 radical (unpaired) electrons. The van der Waals surface area contributed by atoms with E-state index in [1.54, 1.807) is 24.3 Å². The molecule has 0 aliphatic rings. The Morgan fingerprint density at radius 2 is 1.54 bits per heavy atom. The van der Waals surface area contributed by atoms with Gasteiger partial charge in [-0.15, -0.1) is 0 Å². The van der Waals surface area contributed by atoms with E-state index in [4.69, 9.17) is 0 Å². The van der Waals surface area contributed by atoms with Crippen molar-refractivity contribution in [3.05, 3.63) is 72.3 Å². The highest BCUT2D eigenvalue weighted by Crippen LogP contribution is 2.23. The minimum Gasteiger partial charge on any atom is -0.325 e. The third-order valence-electron chi connectivity index (χ3n) is 4.05. The number of aliphatic imine (C=N–C) groups is 1. The lowest BCUT2D eigenvalue weighted by Crippen LogP contribution is -2.38. The van der Waals surface area contributed by atoms with Crippen LogP contribution in [0.3, 0.4) is 0 Å². The highest BCUT2D eigenvalue weighted by Gasteiger charge is 2.19. The Balaban J connectivity index is 1.98. The largest absolute Gasteiger partial charge is 0.325 e. The minimum atomic E-state index is -3.77. The number of rotatable bonds is 3. The predicted molar refractivity (Wildman–Crippen MR) is 116 cm³/mol. The highest BCUT2D eigenvalue weighted by atomic mass is 32.2. The van der Waals surface area contributed by atoms with Gasteiger partial charge in [-0.1, -0.05) is 54.1 Å². The first-order valence-corrected chi connectivity index (χ1v) is 10.6. The van der Waals surface area contributed by atoms with Gasteiger partial charge in [-0.3, -0.25) is 0 Å². The van der Waals surface area contributed by atoms with E-state index in [0.29, 0.717) is 0 Å². The monoisotopic (exact) mass is 395 g/mol. The van der Waals surface area contributed by atoms with E-state index in [0.717, 1.165) is 22.0 Å². The van der Waals surface area contributed by atoms with Gasteiger partial charge in [-0.05, 0) is 51.3 Å². The van der Waals surface area contributed by atoms with E-state index < -0.39 is 15.6 Å². The van der Waals surface area contributed by atoms with E-state index in [9.17, 15) is 8.42 Å². The molecule has 0 saturated carbocycles. The van der Waals surface area contributed by atoms with Crippen molar-refractivity contribution in [3.8, 4) is 0 Å². The zero-order valence-electron chi connectivity index (χ0n) is 16.5. The quantitative estimate of drug-likeness (QED) is 0.499. The molecule has 0 spiro atoms. The van der Waals surface area contributed by atoms with E-state index in [2.05, 4.69) is 15.0 Å². The highest BCUT2D eigenvalue weighted by molar-refractivity contribution is 7.90. The molecule has 0 atom stereocenters. The summed E-state index contributed by atoms with van der Waals surface area (Å²) in [4.78, 5) is 4.75. The van der Waals surface area contributed by atoms with Gasteiger partial charge in [-0.2, -0.15) is 0 Å². The first-order chi connectivity index (χ1) is 13.1. The molecule has 0 aliphatic carbocycles. The molecule has 0 aromatic heterocycles. The molecule has 5 nitrogen and oxygen atoms in total. The first-order valence-electron chi connectivity index (χ1n) is 9.08. The van der Waals surface area contributed by atoms with Gasteiger partial charge in [0.1, 0.15) is 0 Å². The molecule has 6 heteroatoms. The van der Waals surface area contributed by atoms with Crippen LogP contribution in [0.2, 0.25) is 0 Å². The van der Waals surface area contributed by atoms with Crippen molar-refractivity contribution in [2.75, 3.05) is 5.32 Å². The molecule has 0 saturated heterocycles. The van der Waals surface area contributed by atoms with Gasteiger partial charge >= 0.3 is 0 Å². The lowest BCUT2D eigenvalue weighted by atomic mass is 10.1. The molecule has 3 aromatic carbocycles. The normalized spacial score (nSPS) is 12.8. The Morgan fingerprint density at radius 1 is 0.893 bits per heavy atom. The van der Waals surface area contributed by atoms with Crippen molar-refractivity contribution in [3.63, 3.8) is 0 Å². The number of aryl methyl sites for hydroxylation is 1. The topological polar surface area (TPSA) is 70.6 Å². The van der Waals surface area contributed by atoms with Crippen molar-refractivity contribution >= 4 is 32.4 Å². The van der Waals surface area contributed by atoms with Crippen LogP contribution in [0.25, 0.3) is 10.8 Å². The third-order valence-corrected chi connectivity index (χ3v) is 5.41. The number of nitrogens with one attached hydrogen (secondary N) is 2. The Morgan fingerprint density at radius 3 is 2.21 bits per heavy atom. The van der Waals surface area contributed by atoms with Crippen molar-refractivity contribution in [2.24, 2.45) is 4.99 Å². The molecule has 0 fully saturated rings. The fourth-order valence-electron chi connectivity index (χ4n) is 2.78. The molecule has 28 heavy (non-hydrogen) atoms. The van der Waals surface area contributed by atoms with Crippen LogP contribution in [0.1, 0.15) is 26.3 Å². The smallest absolute Gasteiger partial charge is 0.264 e. The van der Waals surface area contributed by atoms with E-state index in [1.165, 1.54) is 0 Å². The van der Waals surface area contributed by atoms with Gasteiger partial charge in [0.25, 0.3) is 10.0 Å². The molecule has 2 N–H and O–H groups in total. The number of hydrogen-bond donors (Lipinski definition) is 2. The maximum absolute atomic E-state index is 12.9. The fourth-order valence-corrected chi connectivity index (χ4v) is 3.74. The Hall–Kier alpha value is -2.86. The second kappa shape index (κ2) is 7.64. The van der Waals surface area contributed by atoms with Crippen LogP contribution in [0.5, 0.6) is 0 Å². The van der Waals surface area contributed by atoms with Crippen LogP contribution in [-0.4, -0.2) is 19.9 Å². The van der Waals surface area contributed by atoms with Crippen molar-refractivity contribution in [2.45, 2.75) is 38.1 Å². The summed E-state index contributed by atoms with van der Waals surface area (Å²) in [7, 11) is -3.77. The van der Waals surface area contributed by atoms with Crippen molar-refractivity contribution in [1.82, 2.24) is 4.72 Å². The fraction of sp³-hybridized carbons (Fsp3) is 0.227. The lowest BCUT2D eigenvalue weighted by Gasteiger charge is -2.19. The molecular weight excluding hydrogens is 370 g/mol. The zero-order chi connectivity index (χ0) is 20.4. The molecule has 146 valence electrons. The van der Waals surface area contributed by atoms with Gasteiger partial charge in [0.05, 0.1) is 10.4 Å². The van der Waals surface area contributed by atoms with Gasteiger partial charge in [0.15, 0.2) is 0 Å². The number of fused-ring (bicyclic) bond motifs is 1. The Kier molecular flexibility index (Phi) is 5.42. The Labute approximate surface area is 166 Å².